The van der Waals surface area contributed by atoms with Crippen LogP contribution < -0.4 is 48.4 Å². The molecular weight excluding hydrogens is 1050 g/mol. The molecule has 1 heterocycles. The van der Waals surface area contributed by atoms with E-state index in [1.54, 1.807) is 12.5 Å². The van der Waals surface area contributed by atoms with Crippen LogP contribution in [0.25, 0.3) is 0 Å². The van der Waals surface area contributed by atoms with Gasteiger partial charge in [-0.3, -0.25) is 9.59 Å². The molecule has 0 bridgehead atoms. The minimum Gasteiger partial charge on any atom is -0.425 e. The van der Waals surface area contributed by atoms with E-state index >= 15 is 0 Å². The van der Waals surface area contributed by atoms with Gasteiger partial charge in [-0.25, -0.2) is 4.98 Å². The van der Waals surface area contributed by atoms with Crippen molar-refractivity contribution in [1.82, 2.24) is 20.2 Å². The molecule has 1 aromatic heterocycles. The molecule has 10 nitrogen and oxygen atoms in total. The zero-order chi connectivity index (χ0) is 60.2. The number of aromatic nitrogens is 2. The fourth-order valence-electron chi connectivity index (χ4n) is 8.52. The number of imidazole rings is 1. The molecule has 14 heteroatoms. The molecular formula is C68H134Li2N4O6S2-4. The number of aryl methyl sites for hydroxylation is 1. The average Bonchev–Trinajstić information content (AvgIpc) is 3.96. The van der Waals surface area contributed by atoms with E-state index in [2.05, 4.69) is 84.9 Å². The van der Waals surface area contributed by atoms with Crippen molar-refractivity contribution < 1.29 is 67.7 Å². The number of nitrogens with zero attached hydrogens (tertiary/aromatic N) is 2. The molecule has 0 fully saturated rings. The SMILES string of the molecule is [CH2-]C(O)CCCCCCCC.[CH2-]C(O)CCCCCCCC.[CH2-]C(O)CCCCCCCCCCCC.[CH2-]C(O)CCCCCCCCCCCC.[CH2-]CCCSSCCCC(NC(=O)CCC[CH2-])C(=O)NCCCn1ccnc1.[Li+].[Li+]. The molecule has 1 aromatic rings. The number of aliphatic hydroxyl groups is 4. The summed E-state index contributed by atoms with van der Waals surface area (Å²) in [5.74, 6) is 1.92. The summed E-state index contributed by atoms with van der Waals surface area (Å²) in [6, 6.07) is -0.462. The predicted octanol–water partition coefficient (Wildman–Crippen LogP) is 12.5. The third-order valence-electron chi connectivity index (χ3n) is 13.6. The van der Waals surface area contributed by atoms with Gasteiger partial charge in [0.1, 0.15) is 6.04 Å². The fraction of sp³-hybridized carbons (Fsp3) is 0.838. The number of amides is 2. The van der Waals surface area contributed by atoms with Crippen LogP contribution >= 0.6 is 21.6 Å². The van der Waals surface area contributed by atoms with Crippen LogP contribution in [0.3, 0.4) is 0 Å². The zero-order valence-corrected chi connectivity index (χ0v) is 56.8. The predicted molar refractivity (Wildman–Crippen MR) is 354 cm³/mol. The molecule has 0 aliphatic heterocycles. The average molecular weight is 1180 g/mol. The molecule has 0 aromatic carbocycles. The van der Waals surface area contributed by atoms with Crippen molar-refractivity contribution in [1.29, 1.82) is 0 Å². The summed E-state index contributed by atoms with van der Waals surface area (Å²) in [5.41, 5.74) is 0. The molecule has 0 aliphatic carbocycles. The summed E-state index contributed by atoms with van der Waals surface area (Å²) in [6.07, 6.45) is 56.3. The molecule has 1 rings (SSSR count). The van der Waals surface area contributed by atoms with Crippen LogP contribution in [0.15, 0.2) is 18.7 Å². The first kappa shape index (κ1) is 93.0. The van der Waals surface area contributed by atoms with E-state index in [1.165, 1.54) is 180 Å². The minimum atomic E-state index is -0.462. The Morgan fingerprint density at radius 2 is 0.793 bits per heavy atom. The zero-order valence-electron chi connectivity index (χ0n) is 55.1. The first-order valence-electron chi connectivity index (χ1n) is 33.2. The Morgan fingerprint density at radius 1 is 0.463 bits per heavy atom. The van der Waals surface area contributed by atoms with E-state index in [-0.39, 0.29) is 74.0 Å². The maximum absolute atomic E-state index is 12.5. The fourth-order valence-corrected chi connectivity index (χ4v) is 10.8. The van der Waals surface area contributed by atoms with Crippen molar-refractivity contribution >= 4 is 33.4 Å². The van der Waals surface area contributed by atoms with E-state index in [4.69, 9.17) is 20.4 Å². The molecule has 6 N–H and O–H groups in total. The number of unbranched alkanes of at least 4 members (excludes halogenated alkanes) is 30. The van der Waals surface area contributed by atoms with E-state index in [1.807, 2.05) is 32.4 Å². The molecule has 0 spiro atoms. The van der Waals surface area contributed by atoms with Gasteiger partial charge < -0.3 is 77.2 Å². The third kappa shape index (κ3) is 88.6. The summed E-state index contributed by atoms with van der Waals surface area (Å²) in [5, 5.41) is 41.5. The molecule has 0 saturated carbocycles. The number of carbonyl (C=O) groups excluding carboxylic acids is 2. The Kier molecular flexibility index (Phi) is 91.8. The van der Waals surface area contributed by atoms with Gasteiger partial charge in [0.15, 0.2) is 0 Å². The summed E-state index contributed by atoms with van der Waals surface area (Å²) < 4.78 is 1.98. The van der Waals surface area contributed by atoms with Gasteiger partial charge in [-0.15, -0.1) is 0 Å². The minimum absolute atomic E-state index is 0. The molecule has 5 atom stereocenters. The Morgan fingerprint density at radius 3 is 1.10 bits per heavy atom. The summed E-state index contributed by atoms with van der Waals surface area (Å²) >= 11 is 0. The monoisotopic (exact) mass is 1180 g/mol. The van der Waals surface area contributed by atoms with Gasteiger partial charge in [0.2, 0.25) is 11.8 Å². The number of rotatable bonds is 53. The molecule has 0 aliphatic rings. The van der Waals surface area contributed by atoms with Crippen LogP contribution in [-0.2, 0) is 16.1 Å². The smallest absolute Gasteiger partial charge is 0.425 e. The quantitative estimate of drug-likeness (QED) is 0.0162. The Hall–Kier alpha value is -0.115. The Bertz CT molecular complexity index is 1240. The summed E-state index contributed by atoms with van der Waals surface area (Å²) in [6.45, 7) is 32.1. The van der Waals surface area contributed by atoms with E-state index in [0.717, 1.165) is 108 Å². The number of aliphatic hydroxyl groups excluding tert-OH is 4. The van der Waals surface area contributed by atoms with Crippen LogP contribution in [0.4, 0.5) is 0 Å². The van der Waals surface area contributed by atoms with Gasteiger partial charge >= 0.3 is 37.7 Å². The second-order valence-electron chi connectivity index (χ2n) is 22.2. The first-order valence-corrected chi connectivity index (χ1v) is 35.6. The number of hydrogen-bond acceptors (Lipinski definition) is 9. The normalized spacial score (nSPS) is 12.4. The molecule has 480 valence electrons. The Balaban J connectivity index is -0.000000231. The molecule has 82 heavy (non-hydrogen) atoms. The van der Waals surface area contributed by atoms with Gasteiger partial charge in [-0.05, 0) is 19.3 Å². The topological polar surface area (TPSA) is 157 Å². The van der Waals surface area contributed by atoms with Crippen LogP contribution in [0.2, 0.25) is 0 Å². The van der Waals surface area contributed by atoms with Gasteiger partial charge in [0, 0.05) is 43.4 Å². The van der Waals surface area contributed by atoms with Crippen LogP contribution in [-0.4, -0.2) is 90.3 Å². The van der Waals surface area contributed by atoms with Crippen molar-refractivity contribution in [2.24, 2.45) is 0 Å². The van der Waals surface area contributed by atoms with Crippen molar-refractivity contribution in [3.63, 3.8) is 0 Å². The second-order valence-corrected chi connectivity index (χ2v) is 24.9. The second kappa shape index (κ2) is 80.9. The van der Waals surface area contributed by atoms with Crippen molar-refractivity contribution in [2.75, 3.05) is 18.1 Å². The standard InChI is InChI=1S/C20H34N4O2S2.2C14H29O.2C10H21O.2Li/c1-3-5-10-19(25)23-18(9-7-16-28-27-15-6-4-2)20(26)22-11-8-13-24-14-12-21-17-24;2*1-3-4-5-6-7-8-9-10-11-12-13-14(2)15;2*1-3-4-5-6-7-8-9-10(2)11;;/h12,14,17-18H,1-11,13,15-16H2,(H,22,26)(H,23,25);2*14-15H,2-13H2,1H3;2*10-11H,2-9H2,1H3;;/q-2;4*-1;2*+1. The van der Waals surface area contributed by atoms with Crippen molar-refractivity contribution in [2.45, 2.75) is 347 Å². The largest absolute Gasteiger partial charge is 1.00 e. The van der Waals surface area contributed by atoms with Crippen molar-refractivity contribution in [3.8, 4) is 0 Å². The third-order valence-corrected chi connectivity index (χ3v) is 16.2. The molecule has 0 saturated heterocycles. The number of carbonyl (C=O) groups is 2. The van der Waals surface area contributed by atoms with Crippen molar-refractivity contribution in [3.05, 3.63) is 60.3 Å². The van der Waals surface area contributed by atoms with E-state index in [0.29, 0.717) is 19.4 Å². The van der Waals surface area contributed by atoms with Gasteiger partial charge in [0.05, 0.1) is 6.33 Å². The van der Waals surface area contributed by atoms with Crippen LogP contribution in [0.1, 0.15) is 310 Å². The Labute approximate surface area is 543 Å². The number of hydrogen-bond donors (Lipinski definition) is 6. The molecule has 0 radical (unpaired) electrons. The van der Waals surface area contributed by atoms with E-state index < -0.39 is 6.04 Å². The van der Waals surface area contributed by atoms with Gasteiger partial charge in [0.25, 0.3) is 0 Å². The molecule has 5 unspecified atom stereocenters. The number of nitrogens with one attached hydrogen (secondary N) is 2. The van der Waals surface area contributed by atoms with Crippen LogP contribution in [0, 0.1) is 41.5 Å². The summed E-state index contributed by atoms with van der Waals surface area (Å²) in [4.78, 5) is 28.6. The maximum atomic E-state index is 12.5. The molecule has 2 amide bonds. The van der Waals surface area contributed by atoms with Crippen LogP contribution in [0.5, 0.6) is 0 Å². The van der Waals surface area contributed by atoms with Gasteiger partial charge in [-0.2, -0.15) is 12.8 Å². The summed E-state index contributed by atoms with van der Waals surface area (Å²) in [7, 11) is 3.68. The van der Waals surface area contributed by atoms with Gasteiger partial charge in [-0.1, -0.05) is 318 Å². The maximum Gasteiger partial charge on any atom is 1.00 e. The first-order chi connectivity index (χ1) is 38.7. The van der Waals surface area contributed by atoms with E-state index in [9.17, 15) is 9.59 Å².